The number of hydrogen-bond donors (Lipinski definition) is 2. The number of carbonyl (C=O) groups is 2. The summed E-state index contributed by atoms with van der Waals surface area (Å²) in [6.45, 7) is -0.105. The van der Waals surface area contributed by atoms with Gasteiger partial charge >= 0.3 is 5.97 Å². The molecule has 6 heteroatoms. The number of methoxy groups -OCH3 is 2. The van der Waals surface area contributed by atoms with Crippen molar-refractivity contribution in [3.63, 3.8) is 0 Å². The number of benzene rings is 1. The lowest BCUT2D eigenvalue weighted by Crippen LogP contribution is -2.46. The third-order valence-corrected chi connectivity index (χ3v) is 2.52. The molecule has 0 fully saturated rings. The third kappa shape index (κ3) is 4.35. The normalized spacial score (nSPS) is 13.6. The summed E-state index contributed by atoms with van der Waals surface area (Å²) in [4.78, 5) is 22.9. The number of ether oxygens (including phenoxy) is 2. The van der Waals surface area contributed by atoms with Crippen LogP contribution in [0.2, 0.25) is 0 Å². The van der Waals surface area contributed by atoms with E-state index < -0.39 is 24.0 Å². The fraction of sp³-hybridized carbons (Fsp3) is 0.385. The second kappa shape index (κ2) is 7.50. The van der Waals surface area contributed by atoms with Gasteiger partial charge < -0.3 is 19.9 Å². The van der Waals surface area contributed by atoms with Gasteiger partial charge in [0.2, 0.25) is 0 Å². The van der Waals surface area contributed by atoms with Gasteiger partial charge in [-0.15, -0.1) is 0 Å². The molecular weight excluding hydrogens is 250 g/mol. The Morgan fingerprint density at radius 1 is 1.26 bits per heavy atom. The van der Waals surface area contributed by atoms with Crippen LogP contribution in [-0.2, 0) is 19.1 Å². The summed E-state index contributed by atoms with van der Waals surface area (Å²) in [6, 6.07) is 7.74. The van der Waals surface area contributed by atoms with Crippen LogP contribution < -0.4 is 5.32 Å². The minimum Gasteiger partial charge on any atom is -0.480 e. The summed E-state index contributed by atoms with van der Waals surface area (Å²) in [5, 5.41) is 11.3. The fourth-order valence-electron chi connectivity index (χ4n) is 1.61. The molecule has 0 radical (unpaired) electrons. The van der Waals surface area contributed by atoms with Gasteiger partial charge in [0.05, 0.1) is 6.61 Å². The van der Waals surface area contributed by atoms with E-state index in [0.717, 1.165) is 0 Å². The highest BCUT2D eigenvalue weighted by molar-refractivity contribution is 5.87. The number of carboxylic acids is 1. The maximum absolute atomic E-state index is 12.0. The SMILES string of the molecule is COCC(NC(=O)[C@H](OC)c1ccccc1)C(=O)O. The molecule has 0 aromatic heterocycles. The van der Waals surface area contributed by atoms with Crippen LogP contribution in [-0.4, -0.2) is 43.9 Å². The van der Waals surface area contributed by atoms with Crippen molar-refractivity contribution in [2.75, 3.05) is 20.8 Å². The summed E-state index contributed by atoms with van der Waals surface area (Å²) in [7, 11) is 2.76. The molecule has 1 rings (SSSR count). The van der Waals surface area contributed by atoms with Crippen LogP contribution in [0.4, 0.5) is 0 Å². The van der Waals surface area contributed by atoms with Crippen LogP contribution >= 0.6 is 0 Å². The average molecular weight is 267 g/mol. The maximum Gasteiger partial charge on any atom is 0.328 e. The van der Waals surface area contributed by atoms with Crippen LogP contribution in [0.5, 0.6) is 0 Å². The molecule has 0 heterocycles. The first-order chi connectivity index (χ1) is 9.10. The Labute approximate surface area is 111 Å². The molecule has 1 aromatic rings. The van der Waals surface area contributed by atoms with Crippen molar-refractivity contribution in [1.29, 1.82) is 0 Å². The summed E-state index contributed by atoms with van der Waals surface area (Å²) >= 11 is 0. The van der Waals surface area contributed by atoms with Gasteiger partial charge in [-0.05, 0) is 5.56 Å². The minimum atomic E-state index is -1.15. The molecule has 0 saturated heterocycles. The van der Waals surface area contributed by atoms with Crippen molar-refractivity contribution >= 4 is 11.9 Å². The van der Waals surface area contributed by atoms with E-state index in [4.69, 9.17) is 14.6 Å². The van der Waals surface area contributed by atoms with E-state index in [1.807, 2.05) is 6.07 Å². The van der Waals surface area contributed by atoms with E-state index in [-0.39, 0.29) is 6.61 Å². The van der Waals surface area contributed by atoms with Crippen molar-refractivity contribution in [2.24, 2.45) is 0 Å². The zero-order chi connectivity index (χ0) is 14.3. The molecule has 6 nitrogen and oxygen atoms in total. The Balaban J connectivity index is 2.76. The fourth-order valence-corrected chi connectivity index (χ4v) is 1.61. The van der Waals surface area contributed by atoms with Crippen LogP contribution in [0, 0.1) is 0 Å². The van der Waals surface area contributed by atoms with Gasteiger partial charge in [-0.25, -0.2) is 4.79 Å². The lowest BCUT2D eigenvalue weighted by atomic mass is 10.1. The molecule has 0 aliphatic heterocycles. The van der Waals surface area contributed by atoms with E-state index >= 15 is 0 Å². The molecule has 0 aliphatic carbocycles. The van der Waals surface area contributed by atoms with E-state index in [9.17, 15) is 9.59 Å². The first-order valence-corrected chi connectivity index (χ1v) is 5.70. The molecule has 1 aromatic carbocycles. The largest absolute Gasteiger partial charge is 0.480 e. The predicted molar refractivity (Wildman–Crippen MR) is 67.6 cm³/mol. The average Bonchev–Trinajstić information content (AvgIpc) is 2.40. The third-order valence-electron chi connectivity index (χ3n) is 2.52. The van der Waals surface area contributed by atoms with Gasteiger partial charge in [0, 0.05) is 14.2 Å². The zero-order valence-electron chi connectivity index (χ0n) is 10.8. The standard InChI is InChI=1S/C13H17NO5/c1-18-8-10(13(16)17)14-12(15)11(19-2)9-6-4-3-5-7-9/h3-7,10-11H,8H2,1-2H3,(H,14,15)(H,16,17)/t10?,11-/m1/s1. The molecule has 2 N–H and O–H groups in total. The van der Waals surface area contributed by atoms with E-state index in [1.54, 1.807) is 24.3 Å². The number of rotatable bonds is 7. The zero-order valence-corrected chi connectivity index (χ0v) is 10.8. The molecule has 2 atom stereocenters. The molecule has 104 valence electrons. The highest BCUT2D eigenvalue weighted by Gasteiger charge is 2.26. The van der Waals surface area contributed by atoms with Crippen molar-refractivity contribution < 1.29 is 24.2 Å². The molecule has 1 amide bonds. The molecule has 0 aliphatic rings. The van der Waals surface area contributed by atoms with E-state index in [0.29, 0.717) is 5.56 Å². The Morgan fingerprint density at radius 3 is 2.37 bits per heavy atom. The first-order valence-electron chi connectivity index (χ1n) is 5.70. The van der Waals surface area contributed by atoms with Gasteiger partial charge in [0.25, 0.3) is 5.91 Å². The molecule has 0 spiro atoms. The number of carbonyl (C=O) groups excluding carboxylic acids is 1. The van der Waals surface area contributed by atoms with Gasteiger partial charge in [0.1, 0.15) is 0 Å². The summed E-state index contributed by atoms with van der Waals surface area (Å²) in [6.07, 6.45) is -0.847. The molecule has 1 unspecified atom stereocenters. The number of amides is 1. The molecular formula is C13H17NO5. The Bertz CT molecular complexity index is 420. The number of hydrogen-bond acceptors (Lipinski definition) is 4. The predicted octanol–water partition coefficient (Wildman–Crippen LogP) is 0.590. The van der Waals surface area contributed by atoms with E-state index in [2.05, 4.69) is 5.32 Å². The highest BCUT2D eigenvalue weighted by atomic mass is 16.5. The highest BCUT2D eigenvalue weighted by Crippen LogP contribution is 2.16. The molecule has 0 bridgehead atoms. The van der Waals surface area contributed by atoms with Crippen LogP contribution in [0.3, 0.4) is 0 Å². The number of carboxylic acid groups (broad SMARTS) is 1. The maximum atomic E-state index is 12.0. The lowest BCUT2D eigenvalue weighted by molar-refractivity contribution is -0.145. The Morgan fingerprint density at radius 2 is 1.89 bits per heavy atom. The molecule has 0 saturated carbocycles. The van der Waals surface area contributed by atoms with Crippen molar-refractivity contribution in [1.82, 2.24) is 5.32 Å². The number of nitrogens with one attached hydrogen (secondary N) is 1. The Hall–Kier alpha value is -1.92. The van der Waals surface area contributed by atoms with Crippen LogP contribution in [0.15, 0.2) is 30.3 Å². The molecule has 19 heavy (non-hydrogen) atoms. The summed E-state index contributed by atoms with van der Waals surface area (Å²) in [5.74, 6) is -1.67. The van der Waals surface area contributed by atoms with E-state index in [1.165, 1.54) is 14.2 Å². The van der Waals surface area contributed by atoms with Crippen molar-refractivity contribution in [3.05, 3.63) is 35.9 Å². The summed E-state index contributed by atoms with van der Waals surface area (Å²) in [5.41, 5.74) is 0.657. The van der Waals surface area contributed by atoms with Crippen LogP contribution in [0.1, 0.15) is 11.7 Å². The first kappa shape index (κ1) is 15.1. The monoisotopic (exact) mass is 267 g/mol. The van der Waals surface area contributed by atoms with Crippen molar-refractivity contribution in [3.8, 4) is 0 Å². The van der Waals surface area contributed by atoms with Crippen molar-refractivity contribution in [2.45, 2.75) is 12.1 Å². The topological polar surface area (TPSA) is 84.9 Å². The van der Waals surface area contributed by atoms with Gasteiger partial charge in [-0.3, -0.25) is 4.79 Å². The Kier molecular flexibility index (Phi) is 5.98. The number of aliphatic carboxylic acids is 1. The van der Waals surface area contributed by atoms with Gasteiger partial charge in [0.15, 0.2) is 12.1 Å². The lowest BCUT2D eigenvalue weighted by Gasteiger charge is -2.19. The quantitative estimate of drug-likeness (QED) is 0.755. The van der Waals surface area contributed by atoms with Crippen LogP contribution in [0.25, 0.3) is 0 Å². The van der Waals surface area contributed by atoms with Gasteiger partial charge in [-0.1, -0.05) is 30.3 Å². The minimum absolute atomic E-state index is 0.105. The second-order valence-corrected chi connectivity index (χ2v) is 3.88. The summed E-state index contributed by atoms with van der Waals surface area (Å²) < 4.78 is 9.86. The van der Waals surface area contributed by atoms with Gasteiger partial charge in [-0.2, -0.15) is 0 Å². The smallest absolute Gasteiger partial charge is 0.328 e. The second-order valence-electron chi connectivity index (χ2n) is 3.88.